The lowest BCUT2D eigenvalue weighted by Crippen LogP contribution is -2.27. The number of carbonyl (C=O) groups is 1. The van der Waals surface area contributed by atoms with E-state index in [0.29, 0.717) is 6.61 Å². The Labute approximate surface area is 90.8 Å². The van der Waals surface area contributed by atoms with Gasteiger partial charge in [0.1, 0.15) is 11.9 Å². The summed E-state index contributed by atoms with van der Waals surface area (Å²) in [5.74, 6) is -0.341. The Morgan fingerprint density at radius 3 is 2.86 bits per heavy atom. The molecule has 7 heteroatoms. The third kappa shape index (κ3) is 2.87. The SMILES string of the molecule is CCOCNC(=O)c1nc(Cl)c(Cl)[nH]1. The van der Waals surface area contributed by atoms with E-state index in [1.807, 2.05) is 6.92 Å². The fourth-order valence-electron chi connectivity index (χ4n) is 0.741. The first kappa shape index (κ1) is 11.3. The van der Waals surface area contributed by atoms with Gasteiger partial charge in [0.05, 0.1) is 0 Å². The Morgan fingerprint density at radius 1 is 1.64 bits per heavy atom. The molecule has 0 aliphatic rings. The molecule has 14 heavy (non-hydrogen) atoms. The van der Waals surface area contributed by atoms with Gasteiger partial charge in [-0.05, 0) is 6.92 Å². The number of rotatable bonds is 4. The number of hydrogen-bond acceptors (Lipinski definition) is 3. The zero-order valence-corrected chi connectivity index (χ0v) is 8.95. The number of amides is 1. The quantitative estimate of drug-likeness (QED) is 0.616. The molecular formula is C7H9Cl2N3O2. The summed E-state index contributed by atoms with van der Waals surface area (Å²) in [6.07, 6.45) is 0. The summed E-state index contributed by atoms with van der Waals surface area (Å²) in [5.41, 5.74) is 0. The molecule has 0 unspecified atom stereocenters. The molecule has 0 bridgehead atoms. The fraction of sp³-hybridized carbons (Fsp3) is 0.429. The minimum absolute atomic E-state index is 0.0692. The number of nitrogens with one attached hydrogen (secondary N) is 2. The van der Waals surface area contributed by atoms with Crippen LogP contribution in [0.3, 0.4) is 0 Å². The van der Waals surface area contributed by atoms with Gasteiger partial charge < -0.3 is 15.0 Å². The number of aromatic nitrogens is 2. The molecule has 2 N–H and O–H groups in total. The van der Waals surface area contributed by atoms with E-state index >= 15 is 0 Å². The molecule has 78 valence electrons. The Kier molecular flexibility index (Phi) is 4.19. The molecular weight excluding hydrogens is 229 g/mol. The normalized spacial score (nSPS) is 10.2. The van der Waals surface area contributed by atoms with Crippen molar-refractivity contribution in [1.29, 1.82) is 0 Å². The van der Waals surface area contributed by atoms with Crippen LogP contribution < -0.4 is 5.32 Å². The average molecular weight is 238 g/mol. The lowest BCUT2D eigenvalue weighted by atomic mass is 10.6. The maximum absolute atomic E-state index is 11.3. The second-order valence-electron chi connectivity index (χ2n) is 2.33. The maximum Gasteiger partial charge on any atom is 0.288 e. The van der Waals surface area contributed by atoms with Crippen LogP contribution in [0.2, 0.25) is 10.3 Å². The zero-order valence-electron chi connectivity index (χ0n) is 7.43. The van der Waals surface area contributed by atoms with Gasteiger partial charge in [-0.15, -0.1) is 0 Å². The van der Waals surface area contributed by atoms with Crippen molar-refractivity contribution in [3.05, 3.63) is 16.1 Å². The van der Waals surface area contributed by atoms with Crippen molar-refractivity contribution >= 4 is 29.1 Å². The summed E-state index contributed by atoms with van der Waals surface area (Å²) in [7, 11) is 0. The van der Waals surface area contributed by atoms with Gasteiger partial charge in [0, 0.05) is 6.61 Å². The van der Waals surface area contributed by atoms with Crippen LogP contribution in [0.25, 0.3) is 0 Å². The minimum Gasteiger partial charge on any atom is -0.362 e. The molecule has 0 saturated heterocycles. The van der Waals surface area contributed by atoms with E-state index in [-0.39, 0.29) is 22.9 Å². The van der Waals surface area contributed by atoms with Crippen molar-refractivity contribution in [3.8, 4) is 0 Å². The number of ether oxygens (including phenoxy) is 1. The monoisotopic (exact) mass is 237 g/mol. The molecule has 0 radical (unpaired) electrons. The molecule has 0 saturated carbocycles. The Balaban J connectivity index is 2.52. The maximum atomic E-state index is 11.3. The minimum atomic E-state index is -0.410. The highest BCUT2D eigenvalue weighted by atomic mass is 35.5. The van der Waals surface area contributed by atoms with Crippen molar-refractivity contribution in [2.45, 2.75) is 6.92 Å². The highest BCUT2D eigenvalue weighted by molar-refractivity contribution is 6.40. The molecule has 0 atom stereocenters. The van der Waals surface area contributed by atoms with Crippen LogP contribution in [0.5, 0.6) is 0 Å². The van der Waals surface area contributed by atoms with Crippen molar-refractivity contribution < 1.29 is 9.53 Å². The highest BCUT2D eigenvalue weighted by Crippen LogP contribution is 2.17. The van der Waals surface area contributed by atoms with E-state index in [4.69, 9.17) is 27.9 Å². The van der Waals surface area contributed by atoms with Gasteiger partial charge in [0.25, 0.3) is 5.91 Å². The molecule has 0 aliphatic carbocycles. The Bertz CT molecular complexity index is 307. The summed E-state index contributed by atoms with van der Waals surface area (Å²) < 4.78 is 4.92. The van der Waals surface area contributed by atoms with Crippen LogP contribution in [-0.4, -0.2) is 29.2 Å². The lowest BCUT2D eigenvalue weighted by Gasteiger charge is -2.01. The largest absolute Gasteiger partial charge is 0.362 e. The topological polar surface area (TPSA) is 67.0 Å². The van der Waals surface area contributed by atoms with Crippen molar-refractivity contribution in [3.63, 3.8) is 0 Å². The Morgan fingerprint density at radius 2 is 2.36 bits per heavy atom. The summed E-state index contributed by atoms with van der Waals surface area (Å²) in [6.45, 7) is 2.48. The van der Waals surface area contributed by atoms with Crippen molar-refractivity contribution in [2.24, 2.45) is 0 Å². The summed E-state index contributed by atoms with van der Waals surface area (Å²) in [4.78, 5) is 17.5. The van der Waals surface area contributed by atoms with E-state index in [9.17, 15) is 4.79 Å². The molecule has 1 aromatic rings. The van der Waals surface area contributed by atoms with E-state index in [2.05, 4.69) is 15.3 Å². The standard InChI is InChI=1S/C7H9Cl2N3O2/c1-2-14-3-10-7(13)6-11-4(8)5(9)12-6/h2-3H2,1H3,(H,10,13)(H,11,12). The average Bonchev–Trinajstić information content (AvgIpc) is 2.47. The van der Waals surface area contributed by atoms with Gasteiger partial charge in [-0.25, -0.2) is 4.98 Å². The van der Waals surface area contributed by atoms with Gasteiger partial charge >= 0.3 is 0 Å². The van der Waals surface area contributed by atoms with Crippen LogP contribution in [0.1, 0.15) is 17.5 Å². The predicted molar refractivity (Wildman–Crippen MR) is 52.6 cm³/mol. The van der Waals surface area contributed by atoms with E-state index < -0.39 is 5.91 Å². The zero-order chi connectivity index (χ0) is 10.6. The second kappa shape index (κ2) is 5.19. The molecule has 0 fully saturated rings. The van der Waals surface area contributed by atoms with Crippen LogP contribution in [0.4, 0.5) is 0 Å². The molecule has 1 rings (SSSR count). The van der Waals surface area contributed by atoms with Crippen LogP contribution in [-0.2, 0) is 4.74 Å². The van der Waals surface area contributed by atoms with Gasteiger partial charge in [-0.3, -0.25) is 4.79 Å². The first-order valence-electron chi connectivity index (χ1n) is 3.92. The first-order valence-corrected chi connectivity index (χ1v) is 4.67. The van der Waals surface area contributed by atoms with Gasteiger partial charge in [0.15, 0.2) is 11.0 Å². The number of imidazole rings is 1. The van der Waals surface area contributed by atoms with Crippen LogP contribution >= 0.6 is 23.2 Å². The van der Waals surface area contributed by atoms with Gasteiger partial charge in [0.2, 0.25) is 0 Å². The molecule has 0 aliphatic heterocycles. The van der Waals surface area contributed by atoms with Crippen LogP contribution in [0, 0.1) is 0 Å². The number of H-pyrrole nitrogens is 1. The summed E-state index contributed by atoms with van der Waals surface area (Å²) in [6, 6.07) is 0. The molecule has 1 amide bonds. The summed E-state index contributed by atoms with van der Waals surface area (Å²) in [5, 5.41) is 2.69. The predicted octanol–water partition coefficient (Wildman–Crippen LogP) is 1.44. The highest BCUT2D eigenvalue weighted by Gasteiger charge is 2.12. The number of carbonyl (C=O) groups excluding carboxylic acids is 1. The number of halogens is 2. The Hall–Kier alpha value is -0.780. The van der Waals surface area contributed by atoms with Crippen LogP contribution in [0.15, 0.2) is 0 Å². The van der Waals surface area contributed by atoms with E-state index in [1.165, 1.54) is 0 Å². The summed E-state index contributed by atoms with van der Waals surface area (Å²) >= 11 is 11.1. The molecule has 1 heterocycles. The third-order valence-corrected chi connectivity index (χ3v) is 2.02. The van der Waals surface area contributed by atoms with E-state index in [0.717, 1.165) is 0 Å². The number of nitrogens with zero attached hydrogens (tertiary/aromatic N) is 1. The third-order valence-electron chi connectivity index (χ3n) is 1.37. The lowest BCUT2D eigenvalue weighted by molar-refractivity contribution is 0.0808. The number of aromatic amines is 1. The first-order chi connectivity index (χ1) is 6.65. The van der Waals surface area contributed by atoms with Gasteiger partial charge in [-0.1, -0.05) is 23.2 Å². The fourth-order valence-corrected chi connectivity index (χ4v) is 1.00. The van der Waals surface area contributed by atoms with Crippen molar-refractivity contribution in [2.75, 3.05) is 13.3 Å². The molecule has 0 aromatic carbocycles. The molecule has 1 aromatic heterocycles. The van der Waals surface area contributed by atoms with Gasteiger partial charge in [-0.2, -0.15) is 0 Å². The molecule has 5 nitrogen and oxygen atoms in total. The molecule has 0 spiro atoms. The second-order valence-corrected chi connectivity index (χ2v) is 3.07. The van der Waals surface area contributed by atoms with Crippen molar-refractivity contribution in [1.82, 2.24) is 15.3 Å². The van der Waals surface area contributed by atoms with E-state index in [1.54, 1.807) is 0 Å². The smallest absolute Gasteiger partial charge is 0.288 e. The number of hydrogen-bond donors (Lipinski definition) is 2.